The zero-order valence-electron chi connectivity index (χ0n) is 35.6. The molecule has 12 heteroatoms. The van der Waals surface area contributed by atoms with Crippen molar-refractivity contribution >= 4 is 35.8 Å². The van der Waals surface area contributed by atoms with Gasteiger partial charge in [-0.3, -0.25) is 24.0 Å². The fraction of sp³-hybridized carbons (Fsp3) is 0.617. The molecule has 1 heterocycles. The summed E-state index contributed by atoms with van der Waals surface area (Å²) in [5.41, 5.74) is -0.434. The Kier molecular flexibility index (Phi) is 23.6. The number of benzene rings is 2. The largest absolute Gasteiger partial charge is 0.462 e. The number of carbonyl (C=O) groups excluding carboxylic acids is 6. The van der Waals surface area contributed by atoms with Crippen molar-refractivity contribution in [2.24, 2.45) is 0 Å². The molecule has 2 aromatic carbocycles. The summed E-state index contributed by atoms with van der Waals surface area (Å²) in [4.78, 5) is 78.5. The Bertz CT molecular complexity index is 1470. The molecular weight excluding hydrogens is 753 g/mol. The quantitative estimate of drug-likeness (QED) is 0.0327. The number of unbranched alkanes of at least 4 members (excludes halogenated alkanes) is 16. The molecule has 1 aliphatic heterocycles. The summed E-state index contributed by atoms with van der Waals surface area (Å²) >= 11 is 0. The van der Waals surface area contributed by atoms with Crippen molar-refractivity contribution in [2.75, 3.05) is 19.9 Å². The molecule has 3 rings (SSSR count). The van der Waals surface area contributed by atoms with E-state index in [0.29, 0.717) is 24.0 Å². The SMILES string of the molecule is CCCCCCCCCCCC(=O)OCC(COC(=O)CCCCCCCCCCC)OC(=O)CCC(=O)OCN1C(=O)NC(c2ccccc2)(c2ccccc2)C1=O. The summed E-state index contributed by atoms with van der Waals surface area (Å²) in [5, 5.41) is 2.79. The molecule has 3 amide bonds. The maximum Gasteiger partial charge on any atom is 0.328 e. The molecule has 1 aliphatic rings. The number of nitrogens with zero attached hydrogens (tertiary/aromatic N) is 1. The molecule has 1 N–H and O–H groups in total. The van der Waals surface area contributed by atoms with Gasteiger partial charge < -0.3 is 24.3 Å². The predicted octanol–water partition coefficient (Wildman–Crippen LogP) is 9.60. The van der Waals surface area contributed by atoms with Crippen LogP contribution < -0.4 is 5.32 Å². The van der Waals surface area contributed by atoms with Crippen molar-refractivity contribution in [1.82, 2.24) is 10.2 Å². The molecule has 0 bridgehead atoms. The third kappa shape index (κ3) is 18.0. The van der Waals surface area contributed by atoms with Gasteiger partial charge in [0.1, 0.15) is 13.2 Å². The van der Waals surface area contributed by atoms with Crippen LogP contribution in [0.25, 0.3) is 0 Å². The third-order valence-corrected chi connectivity index (χ3v) is 10.5. The van der Waals surface area contributed by atoms with Gasteiger partial charge in [-0.1, -0.05) is 177 Å². The number of carbonyl (C=O) groups is 6. The second-order valence-electron chi connectivity index (χ2n) is 15.4. The highest BCUT2D eigenvalue weighted by molar-refractivity contribution is 6.09. The van der Waals surface area contributed by atoms with Crippen LogP contribution in [0, 0.1) is 0 Å². The topological polar surface area (TPSA) is 155 Å². The maximum absolute atomic E-state index is 13.8. The Labute approximate surface area is 351 Å². The number of amides is 3. The van der Waals surface area contributed by atoms with Gasteiger partial charge in [0.15, 0.2) is 18.4 Å². The molecule has 59 heavy (non-hydrogen) atoms. The zero-order valence-corrected chi connectivity index (χ0v) is 35.6. The summed E-state index contributed by atoms with van der Waals surface area (Å²) in [6.07, 6.45) is 18.6. The first-order chi connectivity index (χ1) is 28.7. The number of imide groups is 1. The maximum atomic E-state index is 13.8. The molecule has 1 saturated heterocycles. The number of rotatable bonds is 32. The predicted molar refractivity (Wildman–Crippen MR) is 225 cm³/mol. The summed E-state index contributed by atoms with van der Waals surface area (Å²) in [5.74, 6) is -3.10. The normalized spacial score (nSPS) is 13.3. The Morgan fingerprint density at radius 3 is 1.36 bits per heavy atom. The van der Waals surface area contributed by atoms with Crippen molar-refractivity contribution in [3.05, 3.63) is 71.8 Å². The van der Waals surface area contributed by atoms with Crippen LogP contribution in [0.2, 0.25) is 0 Å². The van der Waals surface area contributed by atoms with Crippen LogP contribution in [0.3, 0.4) is 0 Å². The lowest BCUT2D eigenvalue weighted by Crippen LogP contribution is -2.45. The summed E-state index contributed by atoms with van der Waals surface area (Å²) in [7, 11) is 0. The lowest BCUT2D eigenvalue weighted by Gasteiger charge is -2.27. The van der Waals surface area contributed by atoms with Gasteiger partial charge >= 0.3 is 29.9 Å². The molecule has 2 aromatic rings. The van der Waals surface area contributed by atoms with E-state index in [-0.39, 0.29) is 26.1 Å². The number of hydrogen-bond acceptors (Lipinski definition) is 10. The molecule has 0 saturated carbocycles. The van der Waals surface area contributed by atoms with Gasteiger partial charge in [0.2, 0.25) is 0 Å². The van der Waals surface area contributed by atoms with E-state index in [0.717, 1.165) is 43.4 Å². The fourth-order valence-electron chi connectivity index (χ4n) is 7.08. The Morgan fingerprint density at radius 2 is 0.915 bits per heavy atom. The van der Waals surface area contributed by atoms with Crippen LogP contribution in [-0.2, 0) is 48.5 Å². The summed E-state index contributed by atoms with van der Waals surface area (Å²) < 4.78 is 21.6. The standard InChI is InChI=1S/C47H68N2O10/c1-3-5-7-9-11-13-15-17-25-31-41(50)56-35-40(36-57-42(51)32-26-18-16-14-12-10-8-6-4-2)59-44(53)34-33-43(52)58-37-49-45(54)47(48-46(49)55,38-27-21-19-22-28-38)39-29-23-20-24-30-39/h19-24,27-30,40H,3-18,25-26,31-37H2,1-2H3,(H,48,55). The Hall–Kier alpha value is -4.74. The van der Waals surface area contributed by atoms with Crippen molar-refractivity contribution < 1.29 is 47.7 Å². The van der Waals surface area contributed by atoms with Crippen LogP contribution in [0.15, 0.2) is 60.7 Å². The first-order valence-corrected chi connectivity index (χ1v) is 22.1. The molecule has 326 valence electrons. The molecular formula is C47H68N2O10. The van der Waals surface area contributed by atoms with E-state index in [1.54, 1.807) is 60.7 Å². The minimum atomic E-state index is -1.52. The first-order valence-electron chi connectivity index (χ1n) is 22.1. The number of ether oxygens (including phenoxy) is 4. The summed E-state index contributed by atoms with van der Waals surface area (Å²) in [6, 6.07) is 16.8. The highest BCUT2D eigenvalue weighted by atomic mass is 16.6. The van der Waals surface area contributed by atoms with E-state index in [1.807, 2.05) is 0 Å². The average molecular weight is 821 g/mol. The van der Waals surface area contributed by atoms with Gasteiger partial charge in [0.25, 0.3) is 5.91 Å². The molecule has 12 nitrogen and oxygen atoms in total. The van der Waals surface area contributed by atoms with E-state index < -0.39 is 67.0 Å². The van der Waals surface area contributed by atoms with E-state index in [1.165, 1.54) is 64.2 Å². The van der Waals surface area contributed by atoms with Gasteiger partial charge in [0.05, 0.1) is 12.8 Å². The minimum Gasteiger partial charge on any atom is -0.462 e. The second kappa shape index (κ2) is 28.6. The van der Waals surface area contributed by atoms with Crippen LogP contribution in [0.5, 0.6) is 0 Å². The monoisotopic (exact) mass is 820 g/mol. The van der Waals surface area contributed by atoms with Gasteiger partial charge in [-0.15, -0.1) is 0 Å². The zero-order chi connectivity index (χ0) is 42.6. The van der Waals surface area contributed by atoms with Gasteiger partial charge in [-0.2, -0.15) is 0 Å². The van der Waals surface area contributed by atoms with Crippen molar-refractivity contribution in [3.63, 3.8) is 0 Å². The number of urea groups is 1. The Morgan fingerprint density at radius 1 is 0.525 bits per heavy atom. The fourth-order valence-corrected chi connectivity index (χ4v) is 7.08. The van der Waals surface area contributed by atoms with E-state index in [4.69, 9.17) is 18.9 Å². The highest BCUT2D eigenvalue weighted by Gasteiger charge is 2.54. The Balaban J connectivity index is 1.46. The third-order valence-electron chi connectivity index (χ3n) is 10.5. The number of hydrogen-bond donors (Lipinski definition) is 1. The van der Waals surface area contributed by atoms with Crippen LogP contribution >= 0.6 is 0 Å². The van der Waals surface area contributed by atoms with Crippen molar-refractivity contribution in [3.8, 4) is 0 Å². The lowest BCUT2D eigenvalue weighted by atomic mass is 9.83. The number of esters is 4. The van der Waals surface area contributed by atoms with Crippen molar-refractivity contribution in [1.29, 1.82) is 0 Å². The van der Waals surface area contributed by atoms with Crippen LogP contribution in [0.1, 0.15) is 166 Å². The molecule has 0 aromatic heterocycles. The van der Waals surface area contributed by atoms with Crippen LogP contribution in [0.4, 0.5) is 4.79 Å². The minimum absolute atomic E-state index is 0.232. The lowest BCUT2D eigenvalue weighted by molar-refractivity contribution is -0.167. The van der Waals surface area contributed by atoms with E-state index in [9.17, 15) is 28.8 Å². The smallest absolute Gasteiger partial charge is 0.328 e. The molecule has 0 atom stereocenters. The van der Waals surface area contributed by atoms with Gasteiger partial charge in [-0.05, 0) is 24.0 Å². The van der Waals surface area contributed by atoms with Crippen molar-refractivity contribution in [2.45, 2.75) is 167 Å². The van der Waals surface area contributed by atoms with Crippen LogP contribution in [-0.4, -0.2) is 66.8 Å². The molecule has 0 radical (unpaired) electrons. The van der Waals surface area contributed by atoms with E-state index >= 15 is 0 Å². The molecule has 1 fully saturated rings. The number of nitrogens with one attached hydrogen (secondary N) is 1. The molecule has 0 spiro atoms. The second-order valence-corrected chi connectivity index (χ2v) is 15.4. The average Bonchev–Trinajstić information content (AvgIpc) is 3.51. The molecule has 0 unspecified atom stereocenters. The first kappa shape index (κ1) is 48.6. The van der Waals surface area contributed by atoms with Gasteiger partial charge in [-0.25, -0.2) is 9.69 Å². The highest BCUT2D eigenvalue weighted by Crippen LogP contribution is 2.36. The summed E-state index contributed by atoms with van der Waals surface area (Å²) in [6.45, 7) is 3.14. The van der Waals surface area contributed by atoms with E-state index in [2.05, 4.69) is 19.2 Å². The van der Waals surface area contributed by atoms with Gasteiger partial charge in [0, 0.05) is 12.8 Å². The molecule has 0 aliphatic carbocycles.